The molecule has 1 aliphatic rings. The van der Waals surface area contributed by atoms with Gasteiger partial charge in [-0.3, -0.25) is 14.9 Å². The van der Waals surface area contributed by atoms with E-state index in [0.29, 0.717) is 44.1 Å². The number of anilines is 1. The normalized spacial score (nSPS) is 15.3. The van der Waals surface area contributed by atoms with E-state index in [1.165, 1.54) is 41.9 Å². The minimum Gasteiger partial charge on any atom is -0.309 e. The summed E-state index contributed by atoms with van der Waals surface area (Å²) in [5, 5.41) is 13.3. The molecule has 0 bridgehead atoms. The van der Waals surface area contributed by atoms with Crippen LogP contribution in [-0.4, -0.2) is 45.1 Å². The predicted molar refractivity (Wildman–Crippen MR) is 116 cm³/mol. The van der Waals surface area contributed by atoms with Gasteiger partial charge >= 0.3 is 0 Å². The number of aryl methyl sites for hydroxylation is 1. The first-order valence-corrected chi connectivity index (χ1v) is 11.4. The van der Waals surface area contributed by atoms with Crippen LogP contribution in [0.15, 0.2) is 4.79 Å². The highest BCUT2D eigenvalue weighted by Gasteiger charge is 2.23. The summed E-state index contributed by atoms with van der Waals surface area (Å²) in [4.78, 5) is 35.7. The molecule has 0 aromatic carbocycles. The fourth-order valence-corrected chi connectivity index (χ4v) is 5.74. The van der Waals surface area contributed by atoms with E-state index in [-0.39, 0.29) is 11.5 Å². The molecule has 3 aromatic heterocycles. The van der Waals surface area contributed by atoms with E-state index in [1.54, 1.807) is 6.92 Å². The van der Waals surface area contributed by atoms with Crippen LogP contribution in [0.25, 0.3) is 10.2 Å². The number of fused-ring (bicyclic) bond motifs is 1. The Balaban J connectivity index is 1.57. The number of carbonyl (C=O) groups excluding carboxylic acids is 1. The Morgan fingerprint density at radius 3 is 2.69 bits per heavy atom. The first kappa shape index (κ1) is 20.1. The van der Waals surface area contributed by atoms with Gasteiger partial charge in [0.1, 0.15) is 15.7 Å². The second kappa shape index (κ2) is 8.29. The molecule has 3 aromatic rings. The molecule has 1 aliphatic carbocycles. The number of amides is 1. The average Bonchev–Trinajstić information content (AvgIpc) is 3.27. The first-order valence-electron chi connectivity index (χ1n) is 9.74. The number of carbonyl (C=O) groups is 1. The molecule has 0 atom stereocenters. The molecule has 10 heteroatoms. The van der Waals surface area contributed by atoms with Crippen molar-refractivity contribution in [3.05, 3.63) is 31.6 Å². The monoisotopic (exact) mass is 432 g/mol. The Kier molecular flexibility index (Phi) is 5.75. The number of aromatic amines is 1. The number of nitrogens with one attached hydrogen (secondary N) is 2. The molecule has 3 heterocycles. The Bertz CT molecular complexity index is 1090. The number of hydrogen-bond acceptors (Lipinski definition) is 8. The zero-order valence-corrected chi connectivity index (χ0v) is 18.4. The van der Waals surface area contributed by atoms with Gasteiger partial charge in [0.05, 0.1) is 16.8 Å². The minimum absolute atomic E-state index is 0.213. The third-order valence-corrected chi connectivity index (χ3v) is 7.32. The van der Waals surface area contributed by atoms with Gasteiger partial charge < -0.3 is 9.88 Å². The maximum Gasteiger partial charge on any atom is 0.267 e. The summed E-state index contributed by atoms with van der Waals surface area (Å²) in [5.74, 6) is 0.767. The van der Waals surface area contributed by atoms with Crippen LogP contribution in [0.3, 0.4) is 0 Å². The van der Waals surface area contributed by atoms with Crippen molar-refractivity contribution >= 4 is 43.9 Å². The summed E-state index contributed by atoms with van der Waals surface area (Å²) in [7, 11) is 3.82. The molecule has 2 N–H and O–H groups in total. The highest BCUT2D eigenvalue weighted by Crippen LogP contribution is 2.35. The summed E-state index contributed by atoms with van der Waals surface area (Å²) in [6, 6.07) is 0. The molecule has 154 valence electrons. The number of nitrogens with zero attached hydrogens (tertiary/aromatic N) is 4. The van der Waals surface area contributed by atoms with Gasteiger partial charge in [-0.1, -0.05) is 30.6 Å². The number of aromatic nitrogens is 4. The summed E-state index contributed by atoms with van der Waals surface area (Å²) < 4.78 is 0. The maximum absolute atomic E-state index is 12.9. The third-order valence-electron chi connectivity index (χ3n) is 5.14. The van der Waals surface area contributed by atoms with Crippen LogP contribution in [0.5, 0.6) is 0 Å². The molecule has 1 amide bonds. The first-order chi connectivity index (χ1) is 13.9. The van der Waals surface area contributed by atoms with Crippen molar-refractivity contribution in [1.29, 1.82) is 0 Å². The number of rotatable bonds is 5. The van der Waals surface area contributed by atoms with E-state index in [4.69, 9.17) is 0 Å². The van der Waals surface area contributed by atoms with Gasteiger partial charge in [-0.2, -0.15) is 0 Å². The van der Waals surface area contributed by atoms with Gasteiger partial charge in [-0.05, 0) is 39.4 Å². The largest absolute Gasteiger partial charge is 0.309 e. The summed E-state index contributed by atoms with van der Waals surface area (Å²) >= 11 is 2.69. The Hall–Kier alpha value is -2.17. The van der Waals surface area contributed by atoms with Gasteiger partial charge in [0, 0.05) is 5.92 Å². The smallest absolute Gasteiger partial charge is 0.267 e. The van der Waals surface area contributed by atoms with Crippen LogP contribution in [0.1, 0.15) is 64.1 Å². The van der Waals surface area contributed by atoms with E-state index in [1.807, 2.05) is 19.0 Å². The van der Waals surface area contributed by atoms with Crippen molar-refractivity contribution < 1.29 is 4.79 Å². The zero-order valence-electron chi connectivity index (χ0n) is 16.7. The zero-order chi connectivity index (χ0) is 20.5. The standard InChI is InChI=1S/C19H24N6O2S2/c1-10-13-15(26)20-12(9-25(2)3)21-18(13)28-14(10)16(27)22-19-24-23-17(29-19)11-7-5-4-6-8-11/h11H,4-9H2,1-3H3,(H,20,21,26)(H,22,24,27). The van der Waals surface area contributed by atoms with Crippen LogP contribution in [0, 0.1) is 6.92 Å². The molecule has 0 unspecified atom stereocenters. The lowest BCUT2D eigenvalue weighted by Crippen LogP contribution is -2.18. The predicted octanol–water partition coefficient (Wildman–Crippen LogP) is 3.51. The van der Waals surface area contributed by atoms with E-state index >= 15 is 0 Å². The average molecular weight is 433 g/mol. The molecular formula is C19H24N6O2S2. The SMILES string of the molecule is Cc1c(C(=O)Nc2nnc(C3CCCCC3)s2)sc2nc(CN(C)C)[nH]c(=O)c12. The molecule has 0 spiro atoms. The fourth-order valence-electron chi connectivity index (χ4n) is 3.73. The van der Waals surface area contributed by atoms with Gasteiger partial charge in [0.25, 0.3) is 11.5 Å². The number of H-pyrrole nitrogens is 1. The molecule has 1 fully saturated rings. The second-order valence-electron chi connectivity index (χ2n) is 7.72. The number of hydrogen-bond donors (Lipinski definition) is 2. The minimum atomic E-state index is -0.273. The molecular weight excluding hydrogens is 408 g/mol. The lowest BCUT2D eigenvalue weighted by Gasteiger charge is -2.18. The fraction of sp³-hybridized carbons (Fsp3) is 0.526. The van der Waals surface area contributed by atoms with Crippen LogP contribution < -0.4 is 10.9 Å². The molecule has 8 nitrogen and oxygen atoms in total. The molecule has 0 radical (unpaired) electrons. The second-order valence-corrected chi connectivity index (χ2v) is 9.73. The van der Waals surface area contributed by atoms with Gasteiger partial charge in [-0.15, -0.1) is 21.5 Å². The van der Waals surface area contributed by atoms with E-state index < -0.39 is 0 Å². The van der Waals surface area contributed by atoms with E-state index in [0.717, 1.165) is 17.8 Å². The molecule has 29 heavy (non-hydrogen) atoms. The van der Waals surface area contributed by atoms with E-state index in [9.17, 15) is 9.59 Å². The van der Waals surface area contributed by atoms with Crippen molar-refractivity contribution in [2.75, 3.05) is 19.4 Å². The summed E-state index contributed by atoms with van der Waals surface area (Å²) in [5.41, 5.74) is 0.430. The summed E-state index contributed by atoms with van der Waals surface area (Å²) in [6.45, 7) is 2.31. The topological polar surface area (TPSA) is 104 Å². The lowest BCUT2D eigenvalue weighted by molar-refractivity contribution is 0.103. The maximum atomic E-state index is 12.9. The Morgan fingerprint density at radius 1 is 1.21 bits per heavy atom. The van der Waals surface area contributed by atoms with Crippen molar-refractivity contribution in [2.24, 2.45) is 0 Å². The highest BCUT2D eigenvalue weighted by atomic mass is 32.1. The van der Waals surface area contributed by atoms with Gasteiger partial charge in [0.15, 0.2) is 0 Å². The van der Waals surface area contributed by atoms with Gasteiger partial charge in [-0.25, -0.2) is 4.98 Å². The van der Waals surface area contributed by atoms with Crippen LogP contribution in [0.4, 0.5) is 5.13 Å². The van der Waals surface area contributed by atoms with Crippen molar-refractivity contribution in [2.45, 2.75) is 51.5 Å². The van der Waals surface area contributed by atoms with Gasteiger partial charge in [0.2, 0.25) is 5.13 Å². The Morgan fingerprint density at radius 2 is 1.97 bits per heavy atom. The Labute approximate surface area is 176 Å². The quantitative estimate of drug-likeness (QED) is 0.639. The van der Waals surface area contributed by atoms with E-state index in [2.05, 4.69) is 25.5 Å². The summed E-state index contributed by atoms with van der Waals surface area (Å²) in [6.07, 6.45) is 6.02. The van der Waals surface area contributed by atoms with Crippen molar-refractivity contribution in [1.82, 2.24) is 25.1 Å². The molecule has 0 saturated heterocycles. The number of thiophene rings is 1. The van der Waals surface area contributed by atoms with Crippen LogP contribution in [0.2, 0.25) is 0 Å². The molecule has 1 saturated carbocycles. The highest BCUT2D eigenvalue weighted by molar-refractivity contribution is 7.21. The van der Waals surface area contributed by atoms with Crippen molar-refractivity contribution in [3.8, 4) is 0 Å². The molecule has 4 rings (SSSR count). The van der Waals surface area contributed by atoms with Crippen molar-refractivity contribution in [3.63, 3.8) is 0 Å². The van der Waals surface area contributed by atoms with Crippen LogP contribution >= 0.6 is 22.7 Å². The third kappa shape index (κ3) is 4.24. The lowest BCUT2D eigenvalue weighted by atomic mass is 9.90. The molecule has 0 aliphatic heterocycles. The van der Waals surface area contributed by atoms with Crippen LogP contribution in [-0.2, 0) is 6.54 Å².